The number of hydrogen-bond acceptors (Lipinski definition) is 3. The Balaban J connectivity index is 1.91. The van der Waals surface area contributed by atoms with Crippen molar-refractivity contribution in [2.45, 2.75) is 26.9 Å². The third kappa shape index (κ3) is 2.52. The van der Waals surface area contributed by atoms with E-state index in [1.165, 1.54) is 0 Å². The van der Waals surface area contributed by atoms with E-state index in [0.717, 1.165) is 30.0 Å². The number of hydrogen-bond donors (Lipinski definition) is 1. The molecule has 0 atom stereocenters. The number of benzene rings is 1. The zero-order chi connectivity index (χ0) is 15.0. The Hall–Kier alpha value is -2.63. The summed E-state index contributed by atoms with van der Waals surface area (Å²) in [5, 5.41) is 13.3. The van der Waals surface area contributed by atoms with Gasteiger partial charge in [0.05, 0.1) is 29.3 Å². The number of fused-ring (bicyclic) bond motifs is 1. The fourth-order valence-corrected chi connectivity index (χ4v) is 2.46. The van der Waals surface area contributed by atoms with Crippen molar-refractivity contribution in [1.29, 1.82) is 0 Å². The van der Waals surface area contributed by atoms with E-state index in [4.69, 9.17) is 5.11 Å². The lowest BCUT2D eigenvalue weighted by molar-refractivity contribution is 0.0697. The Labute approximate surface area is 121 Å². The molecule has 3 rings (SSSR count). The van der Waals surface area contributed by atoms with E-state index in [9.17, 15) is 4.79 Å². The highest BCUT2D eigenvalue weighted by Crippen LogP contribution is 2.18. The lowest BCUT2D eigenvalue weighted by atomic mass is 10.2. The van der Waals surface area contributed by atoms with Gasteiger partial charge in [-0.3, -0.25) is 4.68 Å². The second kappa shape index (κ2) is 5.05. The van der Waals surface area contributed by atoms with Gasteiger partial charge in [0.2, 0.25) is 0 Å². The summed E-state index contributed by atoms with van der Waals surface area (Å²) in [5.41, 5.74) is 3.05. The van der Waals surface area contributed by atoms with Crippen molar-refractivity contribution < 1.29 is 9.90 Å². The van der Waals surface area contributed by atoms with Crippen molar-refractivity contribution in [2.75, 3.05) is 0 Å². The molecule has 2 aromatic heterocycles. The summed E-state index contributed by atoms with van der Waals surface area (Å²) in [6.07, 6.45) is 3.83. The monoisotopic (exact) mass is 284 g/mol. The first-order valence-corrected chi connectivity index (χ1v) is 6.74. The van der Waals surface area contributed by atoms with Gasteiger partial charge in [-0.1, -0.05) is 0 Å². The number of aromatic nitrogens is 4. The first kappa shape index (κ1) is 13.4. The molecule has 0 saturated carbocycles. The molecule has 6 nitrogen and oxygen atoms in total. The number of carboxylic acid groups (broad SMARTS) is 1. The summed E-state index contributed by atoms with van der Waals surface area (Å²) in [7, 11) is 0. The van der Waals surface area contributed by atoms with Gasteiger partial charge in [-0.05, 0) is 37.6 Å². The summed E-state index contributed by atoms with van der Waals surface area (Å²) < 4.78 is 3.98. The standard InChI is InChI=1S/C15H16N4O2/c1-10-8-16-18(9-10)5-6-19-11(2)17-13-7-12(15(20)21)3-4-14(13)19/h3-4,7-9H,5-6H2,1-2H3,(H,20,21). The molecule has 21 heavy (non-hydrogen) atoms. The van der Waals surface area contributed by atoms with Crippen LogP contribution in [-0.4, -0.2) is 30.4 Å². The number of aryl methyl sites for hydroxylation is 4. The van der Waals surface area contributed by atoms with Crippen molar-refractivity contribution in [3.8, 4) is 0 Å². The summed E-state index contributed by atoms with van der Waals surface area (Å²) >= 11 is 0. The van der Waals surface area contributed by atoms with Crippen LogP contribution in [0.3, 0.4) is 0 Å². The second-order valence-electron chi connectivity index (χ2n) is 5.10. The molecule has 6 heteroatoms. The average Bonchev–Trinajstić information content (AvgIpc) is 2.98. The Kier molecular flexibility index (Phi) is 3.21. The molecule has 3 aromatic rings. The molecule has 0 saturated heterocycles. The van der Waals surface area contributed by atoms with Gasteiger partial charge >= 0.3 is 5.97 Å². The maximum absolute atomic E-state index is 11.0. The van der Waals surface area contributed by atoms with Crippen molar-refractivity contribution >= 4 is 17.0 Å². The van der Waals surface area contributed by atoms with Crippen molar-refractivity contribution in [1.82, 2.24) is 19.3 Å². The second-order valence-corrected chi connectivity index (χ2v) is 5.10. The minimum absolute atomic E-state index is 0.259. The molecule has 1 aromatic carbocycles. The summed E-state index contributed by atoms with van der Waals surface area (Å²) in [5.74, 6) is -0.0625. The van der Waals surface area contributed by atoms with Crippen molar-refractivity contribution in [2.24, 2.45) is 0 Å². The SMILES string of the molecule is Cc1cnn(CCn2c(C)nc3cc(C(=O)O)ccc32)c1. The average molecular weight is 284 g/mol. The molecule has 0 fully saturated rings. The zero-order valence-corrected chi connectivity index (χ0v) is 11.9. The minimum atomic E-state index is -0.934. The molecule has 108 valence electrons. The van der Waals surface area contributed by atoms with E-state index in [-0.39, 0.29) is 5.56 Å². The molecule has 0 spiro atoms. The van der Waals surface area contributed by atoms with Gasteiger partial charge < -0.3 is 9.67 Å². The molecule has 0 amide bonds. The summed E-state index contributed by atoms with van der Waals surface area (Å²) in [4.78, 5) is 15.4. The van der Waals surface area contributed by atoms with Crippen LogP contribution in [0.1, 0.15) is 21.7 Å². The summed E-state index contributed by atoms with van der Waals surface area (Å²) in [6.45, 7) is 5.43. The molecule has 0 aliphatic carbocycles. The van der Waals surface area contributed by atoms with Crippen LogP contribution in [0.15, 0.2) is 30.6 Å². The smallest absolute Gasteiger partial charge is 0.335 e. The Morgan fingerprint density at radius 2 is 2.10 bits per heavy atom. The first-order valence-electron chi connectivity index (χ1n) is 6.74. The largest absolute Gasteiger partial charge is 0.478 e. The van der Waals surface area contributed by atoms with E-state index in [2.05, 4.69) is 14.6 Å². The maximum atomic E-state index is 11.0. The first-order chi connectivity index (χ1) is 10.0. The van der Waals surface area contributed by atoms with Gasteiger partial charge in [0.15, 0.2) is 0 Å². The lowest BCUT2D eigenvalue weighted by Gasteiger charge is -2.07. The number of rotatable bonds is 4. The fraction of sp³-hybridized carbons (Fsp3) is 0.267. The van der Waals surface area contributed by atoms with Crippen LogP contribution in [0.5, 0.6) is 0 Å². The van der Waals surface area contributed by atoms with Crippen molar-refractivity contribution in [3.63, 3.8) is 0 Å². The highest BCUT2D eigenvalue weighted by Gasteiger charge is 2.10. The molecular formula is C15H16N4O2. The van der Waals surface area contributed by atoms with E-state index in [0.29, 0.717) is 5.52 Å². The predicted octanol–water partition coefficient (Wildman–Crippen LogP) is 2.25. The van der Waals surface area contributed by atoms with Crippen LogP contribution >= 0.6 is 0 Å². The lowest BCUT2D eigenvalue weighted by Crippen LogP contribution is -2.09. The molecule has 0 radical (unpaired) electrons. The minimum Gasteiger partial charge on any atom is -0.478 e. The zero-order valence-electron chi connectivity index (χ0n) is 11.9. The van der Waals surface area contributed by atoms with Gasteiger partial charge in [-0.15, -0.1) is 0 Å². The predicted molar refractivity (Wildman–Crippen MR) is 78.4 cm³/mol. The van der Waals surface area contributed by atoms with Crippen LogP contribution in [0.25, 0.3) is 11.0 Å². The van der Waals surface area contributed by atoms with E-state index in [1.807, 2.05) is 37.0 Å². The molecule has 2 heterocycles. The van der Waals surface area contributed by atoms with Gasteiger partial charge in [0, 0.05) is 12.7 Å². The van der Waals surface area contributed by atoms with Crippen LogP contribution < -0.4 is 0 Å². The Morgan fingerprint density at radius 3 is 2.76 bits per heavy atom. The molecule has 0 bridgehead atoms. The highest BCUT2D eigenvalue weighted by molar-refractivity contribution is 5.92. The van der Waals surface area contributed by atoms with Gasteiger partial charge in [0.25, 0.3) is 0 Å². The molecule has 0 aliphatic rings. The number of imidazole rings is 1. The van der Waals surface area contributed by atoms with Crippen LogP contribution in [0.2, 0.25) is 0 Å². The van der Waals surface area contributed by atoms with Gasteiger partial charge in [-0.25, -0.2) is 9.78 Å². The van der Waals surface area contributed by atoms with Crippen LogP contribution in [-0.2, 0) is 13.1 Å². The highest BCUT2D eigenvalue weighted by atomic mass is 16.4. The Morgan fingerprint density at radius 1 is 1.29 bits per heavy atom. The maximum Gasteiger partial charge on any atom is 0.335 e. The van der Waals surface area contributed by atoms with Crippen LogP contribution in [0, 0.1) is 13.8 Å². The third-order valence-corrected chi connectivity index (χ3v) is 3.50. The van der Waals surface area contributed by atoms with E-state index < -0.39 is 5.97 Å². The van der Waals surface area contributed by atoms with Gasteiger partial charge in [-0.2, -0.15) is 5.10 Å². The number of carboxylic acids is 1. The molecular weight excluding hydrogens is 268 g/mol. The Bertz CT molecular complexity index is 816. The molecule has 1 N–H and O–H groups in total. The quantitative estimate of drug-likeness (QED) is 0.797. The van der Waals surface area contributed by atoms with Crippen molar-refractivity contribution in [3.05, 3.63) is 47.5 Å². The third-order valence-electron chi connectivity index (χ3n) is 3.50. The van der Waals surface area contributed by atoms with Gasteiger partial charge in [0.1, 0.15) is 5.82 Å². The fourth-order valence-electron chi connectivity index (χ4n) is 2.46. The molecule has 0 unspecified atom stereocenters. The van der Waals surface area contributed by atoms with Crippen LogP contribution in [0.4, 0.5) is 0 Å². The number of nitrogens with zero attached hydrogens (tertiary/aromatic N) is 4. The van der Waals surface area contributed by atoms with E-state index >= 15 is 0 Å². The van der Waals surface area contributed by atoms with E-state index in [1.54, 1.807) is 12.1 Å². The summed E-state index contributed by atoms with van der Waals surface area (Å²) in [6, 6.07) is 5.03. The number of carbonyl (C=O) groups is 1. The molecule has 0 aliphatic heterocycles. The normalized spacial score (nSPS) is 11.1. The topological polar surface area (TPSA) is 72.9 Å². The number of aromatic carboxylic acids is 1.